The minimum absolute atomic E-state index is 0.0188. The van der Waals surface area contributed by atoms with Crippen molar-refractivity contribution in [3.63, 3.8) is 0 Å². The minimum Gasteiger partial charge on any atom is -0.854 e. The lowest BCUT2D eigenvalue weighted by Crippen LogP contribution is -2.27. The number of benzene rings is 1. The van der Waals surface area contributed by atoms with E-state index in [2.05, 4.69) is 5.10 Å². The molecule has 1 aromatic rings. The van der Waals surface area contributed by atoms with Crippen molar-refractivity contribution in [3.8, 4) is 0 Å². The van der Waals surface area contributed by atoms with Crippen molar-refractivity contribution in [3.05, 3.63) is 34.9 Å². The largest absolute Gasteiger partial charge is 0.854 e. The lowest BCUT2D eigenvalue weighted by molar-refractivity contribution is -0.543. The Labute approximate surface area is 133 Å². The Bertz CT molecular complexity index is 656. The maximum atomic E-state index is 12.8. The quantitative estimate of drug-likeness (QED) is 0.348. The highest BCUT2D eigenvalue weighted by Gasteiger charge is 2.37. The number of nitrogens with zero attached hydrogens (tertiary/aromatic N) is 2. The van der Waals surface area contributed by atoms with Crippen LogP contribution in [0.2, 0.25) is 0 Å². The molecule has 0 aliphatic carbocycles. The average molecular weight is 352 g/mol. The Morgan fingerprint density at radius 1 is 1.00 bits per heavy atom. The van der Waals surface area contributed by atoms with Crippen molar-refractivity contribution >= 4 is 11.6 Å². The van der Waals surface area contributed by atoms with Crippen LogP contribution in [-0.2, 0) is 12.4 Å². The number of hydrazone groups is 1. The van der Waals surface area contributed by atoms with Crippen LogP contribution in [0.5, 0.6) is 0 Å². The Hall–Kier alpha value is -2.06. The van der Waals surface area contributed by atoms with Gasteiger partial charge in [-0.1, -0.05) is 4.68 Å². The molecule has 0 unspecified atom stereocenters. The summed E-state index contributed by atoms with van der Waals surface area (Å²) >= 11 is 0. The Morgan fingerprint density at radius 3 is 2.00 bits per heavy atom. The normalized spacial score (nSPS) is 17.4. The van der Waals surface area contributed by atoms with Gasteiger partial charge in [0.15, 0.2) is 12.3 Å². The van der Waals surface area contributed by atoms with E-state index in [0.29, 0.717) is 25.1 Å². The first-order chi connectivity index (χ1) is 11.0. The SMILES string of the molecule is CC1=[N+](/N=C(\[O-])c2cc(C(F)(F)F)cc(C(F)(F)F)c2)CCCC1. The first-order valence-corrected chi connectivity index (χ1v) is 7.14. The maximum absolute atomic E-state index is 12.8. The fourth-order valence-electron chi connectivity index (χ4n) is 2.34. The smallest absolute Gasteiger partial charge is 0.416 e. The molecule has 0 amide bonds. The topological polar surface area (TPSA) is 38.4 Å². The molecule has 9 heteroatoms. The summed E-state index contributed by atoms with van der Waals surface area (Å²) in [5, 5.41) is 15.7. The molecule has 0 saturated carbocycles. The summed E-state index contributed by atoms with van der Waals surface area (Å²) in [6, 6.07) is 0.760. The molecule has 0 N–H and O–H groups in total. The molecular weight excluding hydrogens is 338 g/mol. The molecule has 3 nitrogen and oxygen atoms in total. The third kappa shape index (κ3) is 4.27. The zero-order valence-electron chi connectivity index (χ0n) is 12.6. The van der Waals surface area contributed by atoms with Gasteiger partial charge in [0.25, 0.3) is 0 Å². The van der Waals surface area contributed by atoms with E-state index in [1.54, 1.807) is 6.92 Å². The molecule has 1 aliphatic heterocycles. The molecule has 24 heavy (non-hydrogen) atoms. The summed E-state index contributed by atoms with van der Waals surface area (Å²) in [4.78, 5) is 0. The summed E-state index contributed by atoms with van der Waals surface area (Å²) in [6.45, 7) is 2.12. The Morgan fingerprint density at radius 2 is 1.54 bits per heavy atom. The minimum atomic E-state index is -5.00. The van der Waals surface area contributed by atoms with Gasteiger partial charge in [-0.25, -0.2) is 0 Å². The maximum Gasteiger partial charge on any atom is 0.416 e. The fraction of sp³-hybridized carbons (Fsp3) is 0.467. The number of rotatable bonds is 2. The van der Waals surface area contributed by atoms with Gasteiger partial charge in [-0.3, -0.25) is 0 Å². The molecule has 0 radical (unpaired) electrons. The van der Waals surface area contributed by atoms with Crippen molar-refractivity contribution in [2.24, 2.45) is 5.10 Å². The molecule has 1 heterocycles. The predicted octanol–water partition coefficient (Wildman–Crippen LogP) is 3.40. The molecule has 0 spiro atoms. The molecule has 0 fully saturated rings. The molecule has 0 saturated heterocycles. The third-order valence-electron chi connectivity index (χ3n) is 3.65. The van der Waals surface area contributed by atoms with Crippen LogP contribution >= 0.6 is 0 Å². The highest BCUT2D eigenvalue weighted by Crippen LogP contribution is 2.36. The summed E-state index contributed by atoms with van der Waals surface area (Å²) in [6.07, 6.45) is -7.68. The Balaban J connectivity index is 2.52. The first kappa shape index (κ1) is 18.3. The average Bonchev–Trinajstić information content (AvgIpc) is 2.47. The van der Waals surface area contributed by atoms with E-state index >= 15 is 0 Å². The van der Waals surface area contributed by atoms with Gasteiger partial charge in [-0.05, 0) is 35.3 Å². The van der Waals surface area contributed by atoms with Crippen molar-refractivity contribution < 1.29 is 36.1 Å². The van der Waals surface area contributed by atoms with Crippen LogP contribution in [0.3, 0.4) is 0 Å². The zero-order chi connectivity index (χ0) is 18.1. The van der Waals surface area contributed by atoms with Gasteiger partial charge in [0.1, 0.15) is 0 Å². The molecule has 1 aliphatic rings. The van der Waals surface area contributed by atoms with Crippen molar-refractivity contribution in [2.75, 3.05) is 6.54 Å². The second kappa shape index (κ2) is 6.45. The fourth-order valence-corrected chi connectivity index (χ4v) is 2.34. The van der Waals surface area contributed by atoms with Crippen LogP contribution in [0.4, 0.5) is 26.3 Å². The summed E-state index contributed by atoms with van der Waals surface area (Å²) in [5.41, 5.74) is -3.06. The zero-order valence-corrected chi connectivity index (χ0v) is 12.6. The van der Waals surface area contributed by atoms with Gasteiger partial charge < -0.3 is 5.11 Å². The molecule has 0 bridgehead atoms. The van der Waals surface area contributed by atoms with Crippen LogP contribution in [0, 0.1) is 0 Å². The highest BCUT2D eigenvalue weighted by molar-refractivity contribution is 5.91. The van der Waals surface area contributed by atoms with Crippen LogP contribution in [-0.4, -0.2) is 22.8 Å². The standard InChI is InChI=1S/C15H14F6N2O/c1-9-4-2-3-5-23(9)22-13(24)10-6-11(14(16,17)18)8-12(7-10)15(19,20)21/h6-8H,2-5H2,1H3. The van der Waals surface area contributed by atoms with E-state index in [4.69, 9.17) is 0 Å². The van der Waals surface area contributed by atoms with Gasteiger partial charge in [0, 0.05) is 19.8 Å². The van der Waals surface area contributed by atoms with E-state index in [1.807, 2.05) is 0 Å². The van der Waals surface area contributed by atoms with Crippen molar-refractivity contribution in [2.45, 2.75) is 38.5 Å². The van der Waals surface area contributed by atoms with Crippen molar-refractivity contribution in [1.29, 1.82) is 0 Å². The van der Waals surface area contributed by atoms with Gasteiger partial charge >= 0.3 is 12.4 Å². The lowest BCUT2D eigenvalue weighted by atomic mass is 10.0. The van der Waals surface area contributed by atoms with Gasteiger partial charge in [-0.2, -0.15) is 26.3 Å². The highest BCUT2D eigenvalue weighted by atomic mass is 19.4. The number of hydrogen-bond donors (Lipinski definition) is 0. The molecule has 0 atom stereocenters. The van der Waals surface area contributed by atoms with E-state index in [9.17, 15) is 31.4 Å². The molecule has 2 rings (SSSR count). The van der Waals surface area contributed by atoms with Gasteiger partial charge in [-0.15, -0.1) is 0 Å². The summed E-state index contributed by atoms with van der Waals surface area (Å²) in [5.74, 6) is -1.13. The van der Waals surface area contributed by atoms with E-state index < -0.39 is 34.9 Å². The van der Waals surface area contributed by atoms with Crippen molar-refractivity contribution in [1.82, 2.24) is 0 Å². The molecule has 132 valence electrons. The number of alkyl halides is 6. The molecule has 1 aromatic carbocycles. The lowest BCUT2D eigenvalue weighted by Gasteiger charge is -2.16. The third-order valence-corrected chi connectivity index (χ3v) is 3.65. The van der Waals surface area contributed by atoms with Crippen LogP contribution < -0.4 is 5.11 Å². The van der Waals surface area contributed by atoms with E-state index in [-0.39, 0.29) is 6.07 Å². The van der Waals surface area contributed by atoms with Crippen LogP contribution in [0.1, 0.15) is 42.9 Å². The summed E-state index contributed by atoms with van der Waals surface area (Å²) < 4.78 is 78.1. The van der Waals surface area contributed by atoms with Crippen LogP contribution in [0.25, 0.3) is 0 Å². The second-order valence-corrected chi connectivity index (χ2v) is 5.52. The monoisotopic (exact) mass is 352 g/mol. The molecule has 0 aromatic heterocycles. The van der Waals surface area contributed by atoms with Gasteiger partial charge in [0.2, 0.25) is 0 Å². The van der Waals surface area contributed by atoms with E-state index in [0.717, 1.165) is 18.6 Å². The summed E-state index contributed by atoms with van der Waals surface area (Å²) in [7, 11) is 0. The van der Waals surface area contributed by atoms with Crippen LogP contribution in [0.15, 0.2) is 23.3 Å². The Kier molecular flexibility index (Phi) is 4.91. The number of hydrogen-bond acceptors (Lipinski definition) is 2. The van der Waals surface area contributed by atoms with Gasteiger partial charge in [0.05, 0.1) is 17.0 Å². The van der Waals surface area contributed by atoms with E-state index in [1.165, 1.54) is 4.68 Å². The predicted molar refractivity (Wildman–Crippen MR) is 72.6 cm³/mol. The second-order valence-electron chi connectivity index (χ2n) is 5.52. The number of halogens is 6. The first-order valence-electron chi connectivity index (χ1n) is 7.14. The molecular formula is C15H14F6N2O.